The molecule has 0 bridgehead atoms. The van der Waals surface area contributed by atoms with Crippen LogP contribution >= 0.6 is 8.73 Å². The average Bonchev–Trinajstić information content (AvgIpc) is 1.41. The summed E-state index contributed by atoms with van der Waals surface area (Å²) in [5.41, 5.74) is 5.04. The molecule has 0 aromatic carbocycles. The summed E-state index contributed by atoms with van der Waals surface area (Å²) in [6.45, 7) is 0. The van der Waals surface area contributed by atoms with Crippen LogP contribution in [0.3, 0.4) is 0 Å². The van der Waals surface area contributed by atoms with Crippen molar-refractivity contribution in [2.45, 2.75) is 7.43 Å². The van der Waals surface area contributed by atoms with Crippen LogP contribution < -0.4 is 5.50 Å². The normalized spacial score (nSPS) is 9.00. The quantitative estimate of drug-likeness (QED) is 0.532. The topological polar surface area (TPSA) is 35.2 Å². The first-order chi connectivity index (χ1) is 2.41. The highest BCUT2D eigenvalue weighted by molar-refractivity contribution is 7.34. The van der Waals surface area contributed by atoms with Gasteiger partial charge in [0, 0.05) is 7.11 Å². The summed E-state index contributed by atoms with van der Waals surface area (Å²) >= 11 is 0. The Morgan fingerprint density at radius 1 is 1.83 bits per heavy atom. The van der Waals surface area contributed by atoms with Crippen molar-refractivity contribution in [2.75, 3.05) is 13.5 Å². The monoisotopic (exact) mass is 109 g/mol. The number of rotatable bonds is 2. The molecule has 0 spiro atoms. The van der Waals surface area contributed by atoms with Crippen molar-refractivity contribution in [3.63, 3.8) is 0 Å². The van der Waals surface area contributed by atoms with E-state index in [-0.39, 0.29) is 7.43 Å². The molecule has 1 atom stereocenters. The van der Waals surface area contributed by atoms with Gasteiger partial charge < -0.3 is 10.2 Å². The lowest BCUT2D eigenvalue weighted by Gasteiger charge is -1.85. The first kappa shape index (κ1) is 9.61. The first-order valence-electron chi connectivity index (χ1n) is 1.34. The summed E-state index contributed by atoms with van der Waals surface area (Å²) in [5, 5.41) is 0. The van der Waals surface area contributed by atoms with Gasteiger partial charge in [0.05, 0.1) is 6.35 Å². The molecule has 1 unspecified atom stereocenters. The van der Waals surface area contributed by atoms with Crippen molar-refractivity contribution in [3.8, 4) is 0 Å². The molecule has 0 radical (unpaired) electrons. The molecule has 0 aliphatic heterocycles. The van der Waals surface area contributed by atoms with Crippen LogP contribution in [0.4, 0.5) is 0 Å². The molecule has 0 rings (SSSR count). The van der Waals surface area contributed by atoms with Crippen LogP contribution in [-0.2, 0) is 4.74 Å². The second-order valence-corrected chi connectivity index (χ2v) is 1.33. The zero-order valence-corrected chi connectivity index (χ0v) is 4.19. The van der Waals surface area contributed by atoms with E-state index in [1.807, 2.05) is 0 Å². The molecule has 40 valence electrons. The smallest absolute Gasteiger partial charge is 0.0760 e. The predicted octanol–water partition coefficient (Wildman–Crippen LogP) is 0.779. The molecule has 0 saturated carbocycles. The second-order valence-electron chi connectivity index (χ2n) is 0.637. The summed E-state index contributed by atoms with van der Waals surface area (Å²) in [6, 6.07) is 0. The minimum Gasteiger partial charge on any atom is -0.379 e. The molecular formula is C3H12NOP. The summed E-state index contributed by atoms with van der Waals surface area (Å²) in [4.78, 5) is 0. The Hall–Kier alpha value is 0.350. The van der Waals surface area contributed by atoms with Crippen LogP contribution in [0, 0.1) is 0 Å². The van der Waals surface area contributed by atoms with E-state index in [2.05, 4.69) is 4.74 Å². The third kappa shape index (κ3) is 8.84. The van der Waals surface area contributed by atoms with Crippen LogP contribution in [0.5, 0.6) is 0 Å². The summed E-state index contributed by atoms with van der Waals surface area (Å²) in [5.74, 6) is 0. The van der Waals surface area contributed by atoms with Crippen LogP contribution in [0.25, 0.3) is 0 Å². The predicted molar refractivity (Wildman–Crippen MR) is 31.1 cm³/mol. The van der Waals surface area contributed by atoms with Gasteiger partial charge in [0.25, 0.3) is 0 Å². The lowest BCUT2D eigenvalue weighted by Crippen LogP contribution is -1.81. The molecule has 6 heavy (non-hydrogen) atoms. The third-order valence-electron chi connectivity index (χ3n) is 0.228. The molecular weight excluding hydrogens is 97.0 g/mol. The van der Waals surface area contributed by atoms with Crippen LogP contribution in [0.15, 0.2) is 0 Å². The highest BCUT2D eigenvalue weighted by atomic mass is 31.1. The number of ether oxygens (including phenoxy) is 1. The summed E-state index contributed by atoms with van der Waals surface area (Å²) in [6.07, 6.45) is 0.694. The third-order valence-corrected chi connectivity index (χ3v) is 0.683. The van der Waals surface area contributed by atoms with Gasteiger partial charge in [-0.25, -0.2) is 0 Å². The Morgan fingerprint density at radius 3 is 2.33 bits per heavy atom. The number of hydrogen-bond donors (Lipinski definition) is 1. The van der Waals surface area contributed by atoms with E-state index in [1.165, 1.54) is 0 Å². The van der Waals surface area contributed by atoms with Gasteiger partial charge in [-0.3, -0.25) is 0 Å². The molecule has 2 N–H and O–H groups in total. The second kappa shape index (κ2) is 9.02. The molecule has 0 saturated heterocycles. The fourth-order valence-electron chi connectivity index (χ4n) is 0.0833. The number of methoxy groups -OCH3 is 1. The van der Waals surface area contributed by atoms with Gasteiger partial charge in [-0.1, -0.05) is 7.43 Å². The Kier molecular flexibility index (Phi) is 14.4. The van der Waals surface area contributed by atoms with Gasteiger partial charge in [0.15, 0.2) is 0 Å². The first-order valence-corrected chi connectivity index (χ1v) is 2.62. The molecule has 0 aromatic rings. The maximum absolute atomic E-state index is 5.04. The Bertz CT molecular complexity index is 18.3. The van der Waals surface area contributed by atoms with Crippen molar-refractivity contribution in [3.05, 3.63) is 0 Å². The van der Waals surface area contributed by atoms with Crippen molar-refractivity contribution in [1.29, 1.82) is 0 Å². The average molecular weight is 109 g/mol. The minimum atomic E-state index is 0. The van der Waals surface area contributed by atoms with Crippen LogP contribution in [0.1, 0.15) is 7.43 Å². The Morgan fingerprint density at radius 2 is 2.33 bits per heavy atom. The highest BCUT2D eigenvalue weighted by Gasteiger charge is 1.65. The summed E-state index contributed by atoms with van der Waals surface area (Å²) in [7, 11) is 2.07. The Labute approximate surface area is 40.9 Å². The van der Waals surface area contributed by atoms with Crippen LogP contribution in [-0.4, -0.2) is 13.5 Å². The van der Waals surface area contributed by atoms with Crippen LogP contribution in [0.2, 0.25) is 0 Å². The largest absolute Gasteiger partial charge is 0.379 e. The SMILES string of the molecule is C.COCPN. The van der Waals surface area contributed by atoms with Gasteiger partial charge in [0.1, 0.15) is 0 Å². The number of hydrogen-bond acceptors (Lipinski definition) is 2. The van der Waals surface area contributed by atoms with E-state index in [9.17, 15) is 0 Å². The molecule has 0 amide bonds. The van der Waals surface area contributed by atoms with Gasteiger partial charge in [-0.05, 0) is 8.73 Å². The molecule has 0 heterocycles. The lowest BCUT2D eigenvalue weighted by atomic mass is 11.5. The molecule has 0 aliphatic rings. The fraction of sp³-hybridized carbons (Fsp3) is 1.00. The van der Waals surface area contributed by atoms with E-state index in [0.717, 1.165) is 0 Å². The maximum atomic E-state index is 5.04. The van der Waals surface area contributed by atoms with Gasteiger partial charge in [-0.15, -0.1) is 0 Å². The van der Waals surface area contributed by atoms with Crippen molar-refractivity contribution in [2.24, 2.45) is 5.50 Å². The lowest BCUT2D eigenvalue weighted by molar-refractivity contribution is 0.256. The number of nitrogens with two attached hydrogens (primary N) is 1. The Balaban J connectivity index is 0. The molecule has 0 fully saturated rings. The summed E-state index contributed by atoms with van der Waals surface area (Å²) < 4.78 is 4.58. The molecule has 3 heteroatoms. The zero-order chi connectivity index (χ0) is 4.12. The highest BCUT2D eigenvalue weighted by Crippen LogP contribution is 1.90. The van der Waals surface area contributed by atoms with E-state index < -0.39 is 0 Å². The molecule has 0 aromatic heterocycles. The zero-order valence-electron chi connectivity index (χ0n) is 3.19. The fourth-order valence-corrected chi connectivity index (χ4v) is 0.250. The van der Waals surface area contributed by atoms with Gasteiger partial charge in [0.2, 0.25) is 0 Å². The van der Waals surface area contributed by atoms with Gasteiger partial charge >= 0.3 is 0 Å². The van der Waals surface area contributed by atoms with Crippen molar-refractivity contribution >= 4 is 8.73 Å². The standard InChI is InChI=1S/C2H8NOP.CH4/c1-4-2-5-3;/h5H,2-3H2,1H3;1H4. The minimum absolute atomic E-state index is 0. The van der Waals surface area contributed by atoms with Crippen molar-refractivity contribution < 1.29 is 4.74 Å². The van der Waals surface area contributed by atoms with E-state index >= 15 is 0 Å². The van der Waals surface area contributed by atoms with Gasteiger partial charge in [-0.2, -0.15) is 0 Å². The van der Waals surface area contributed by atoms with E-state index in [0.29, 0.717) is 15.1 Å². The molecule has 2 nitrogen and oxygen atoms in total. The maximum Gasteiger partial charge on any atom is 0.0760 e. The van der Waals surface area contributed by atoms with E-state index in [4.69, 9.17) is 5.50 Å². The molecule has 0 aliphatic carbocycles. The van der Waals surface area contributed by atoms with Crippen molar-refractivity contribution in [1.82, 2.24) is 0 Å². The van der Waals surface area contributed by atoms with E-state index in [1.54, 1.807) is 7.11 Å².